The largest absolute Gasteiger partial charge is 0.325 e. The number of nitrogens with zero attached hydrogens (tertiary/aromatic N) is 3. The van der Waals surface area contributed by atoms with Gasteiger partial charge in [-0.1, -0.05) is 49.0 Å². The molecule has 0 saturated carbocycles. The second-order valence-electron chi connectivity index (χ2n) is 6.60. The van der Waals surface area contributed by atoms with Crippen LogP contribution in [-0.4, -0.2) is 26.4 Å². The quantitative estimate of drug-likeness (QED) is 0.572. The first-order chi connectivity index (χ1) is 13.5. The second kappa shape index (κ2) is 9.01. The third-order valence-corrected chi connectivity index (χ3v) is 5.24. The number of amides is 1. The molecular formula is C21H23FN4OS. The summed E-state index contributed by atoms with van der Waals surface area (Å²) in [5, 5.41) is 11.9. The van der Waals surface area contributed by atoms with Gasteiger partial charge in [0.2, 0.25) is 5.91 Å². The molecule has 7 heteroatoms. The van der Waals surface area contributed by atoms with Crippen molar-refractivity contribution in [2.45, 2.75) is 38.4 Å². The summed E-state index contributed by atoms with van der Waals surface area (Å²) >= 11 is 1.29. The number of nitrogens with one attached hydrogen (secondary N) is 1. The minimum atomic E-state index is -0.345. The van der Waals surface area contributed by atoms with E-state index in [-0.39, 0.29) is 23.5 Å². The highest BCUT2D eigenvalue weighted by molar-refractivity contribution is 7.99. The van der Waals surface area contributed by atoms with Crippen molar-refractivity contribution >= 4 is 23.4 Å². The smallest absolute Gasteiger partial charge is 0.234 e. The van der Waals surface area contributed by atoms with E-state index in [4.69, 9.17) is 0 Å². The molecule has 28 heavy (non-hydrogen) atoms. The third-order valence-electron chi connectivity index (χ3n) is 4.30. The van der Waals surface area contributed by atoms with E-state index in [1.54, 1.807) is 18.2 Å². The molecule has 0 saturated heterocycles. The lowest BCUT2D eigenvalue weighted by Gasteiger charge is -2.14. The minimum Gasteiger partial charge on any atom is -0.325 e. The van der Waals surface area contributed by atoms with Crippen molar-refractivity contribution in [2.24, 2.45) is 0 Å². The van der Waals surface area contributed by atoms with E-state index in [0.29, 0.717) is 16.5 Å². The number of carbonyl (C=O) groups is 1. The summed E-state index contributed by atoms with van der Waals surface area (Å²) in [6.45, 7) is 6.01. The van der Waals surface area contributed by atoms with Crippen LogP contribution >= 0.6 is 11.8 Å². The maximum Gasteiger partial charge on any atom is 0.234 e. The molecule has 1 amide bonds. The number of thioether (sulfide) groups is 1. The molecule has 1 heterocycles. The highest BCUT2D eigenvalue weighted by atomic mass is 32.2. The first-order valence-electron chi connectivity index (χ1n) is 9.21. The Morgan fingerprint density at radius 3 is 2.57 bits per heavy atom. The first-order valence-corrected chi connectivity index (χ1v) is 10.2. The molecule has 1 aromatic heterocycles. The Kier molecular flexibility index (Phi) is 6.46. The van der Waals surface area contributed by atoms with Gasteiger partial charge < -0.3 is 5.32 Å². The van der Waals surface area contributed by atoms with Crippen LogP contribution in [0.4, 0.5) is 10.1 Å². The summed E-state index contributed by atoms with van der Waals surface area (Å²) in [5.41, 5.74) is 2.32. The highest BCUT2D eigenvalue weighted by Crippen LogP contribution is 2.29. The molecule has 146 valence electrons. The fourth-order valence-corrected chi connectivity index (χ4v) is 3.80. The number of benzene rings is 2. The lowest BCUT2D eigenvalue weighted by atomic mass is 10.1. The van der Waals surface area contributed by atoms with Gasteiger partial charge in [0.25, 0.3) is 0 Å². The number of hydrogen-bond donors (Lipinski definition) is 1. The molecule has 0 atom stereocenters. The van der Waals surface area contributed by atoms with Crippen LogP contribution in [-0.2, 0) is 11.2 Å². The monoisotopic (exact) mass is 398 g/mol. The van der Waals surface area contributed by atoms with Gasteiger partial charge in [-0.2, -0.15) is 0 Å². The van der Waals surface area contributed by atoms with E-state index in [9.17, 15) is 9.18 Å². The zero-order valence-corrected chi connectivity index (χ0v) is 17.0. The van der Waals surface area contributed by atoms with Crippen molar-refractivity contribution in [2.75, 3.05) is 11.1 Å². The molecule has 2 aromatic carbocycles. The Balaban J connectivity index is 1.76. The lowest BCUT2D eigenvalue weighted by molar-refractivity contribution is -0.113. The van der Waals surface area contributed by atoms with E-state index in [1.807, 2.05) is 42.7 Å². The van der Waals surface area contributed by atoms with Crippen LogP contribution in [0.15, 0.2) is 53.7 Å². The normalized spacial score (nSPS) is 11.0. The fourth-order valence-electron chi connectivity index (χ4n) is 2.93. The molecule has 0 aliphatic rings. The van der Waals surface area contributed by atoms with Gasteiger partial charge in [0.05, 0.1) is 11.3 Å². The molecule has 0 radical (unpaired) electrons. The van der Waals surface area contributed by atoms with Crippen molar-refractivity contribution in [3.05, 3.63) is 59.9 Å². The van der Waals surface area contributed by atoms with Crippen LogP contribution in [0.25, 0.3) is 11.4 Å². The van der Waals surface area contributed by atoms with Crippen molar-refractivity contribution < 1.29 is 9.18 Å². The number of carbonyl (C=O) groups excluding carboxylic acids is 1. The number of rotatable bonds is 7. The molecule has 1 N–H and O–H groups in total. The topological polar surface area (TPSA) is 59.8 Å². The predicted octanol–water partition coefficient (Wildman–Crippen LogP) is 4.96. The zero-order valence-electron chi connectivity index (χ0n) is 16.1. The van der Waals surface area contributed by atoms with Crippen LogP contribution in [0.1, 0.15) is 32.4 Å². The first kappa shape index (κ1) is 20.1. The van der Waals surface area contributed by atoms with Crippen LogP contribution in [0, 0.1) is 5.82 Å². The average Bonchev–Trinajstić information content (AvgIpc) is 3.11. The third kappa shape index (κ3) is 4.42. The summed E-state index contributed by atoms with van der Waals surface area (Å²) in [4.78, 5) is 12.4. The SMILES string of the molecule is CCc1ccccc1NC(=O)CSc1nnc(-c2ccccc2F)n1C(C)C. The summed E-state index contributed by atoms with van der Waals surface area (Å²) in [5.74, 6) is 0.200. The number of anilines is 1. The highest BCUT2D eigenvalue weighted by Gasteiger charge is 2.20. The Bertz CT molecular complexity index is 971. The van der Waals surface area contributed by atoms with Gasteiger partial charge in [-0.3, -0.25) is 9.36 Å². The molecule has 0 unspecified atom stereocenters. The van der Waals surface area contributed by atoms with Gasteiger partial charge in [0.15, 0.2) is 11.0 Å². The van der Waals surface area contributed by atoms with Gasteiger partial charge >= 0.3 is 0 Å². The van der Waals surface area contributed by atoms with E-state index >= 15 is 0 Å². The Hall–Kier alpha value is -2.67. The number of aromatic nitrogens is 3. The van der Waals surface area contributed by atoms with Gasteiger partial charge in [0.1, 0.15) is 5.82 Å². The van der Waals surface area contributed by atoms with Crippen LogP contribution in [0.2, 0.25) is 0 Å². The standard InChI is InChI=1S/C21H23FN4OS/c1-4-15-9-5-8-12-18(15)23-19(27)13-28-21-25-24-20(26(21)14(2)3)16-10-6-7-11-17(16)22/h5-12,14H,4,13H2,1-3H3,(H,23,27). The minimum absolute atomic E-state index is 0.0241. The Labute approximate surface area is 168 Å². The van der Waals surface area contributed by atoms with Crippen molar-refractivity contribution in [1.29, 1.82) is 0 Å². The molecule has 0 bridgehead atoms. The van der Waals surface area contributed by atoms with E-state index in [2.05, 4.69) is 22.4 Å². The molecule has 3 rings (SSSR count). The summed E-state index contributed by atoms with van der Waals surface area (Å²) in [6.07, 6.45) is 0.845. The number of halogens is 1. The van der Waals surface area contributed by atoms with Crippen LogP contribution in [0.5, 0.6) is 0 Å². The average molecular weight is 399 g/mol. The lowest BCUT2D eigenvalue weighted by Crippen LogP contribution is -2.16. The molecule has 0 aliphatic heterocycles. The van der Waals surface area contributed by atoms with Gasteiger partial charge in [-0.05, 0) is 44.0 Å². The zero-order chi connectivity index (χ0) is 20.1. The molecule has 0 aliphatic carbocycles. The van der Waals surface area contributed by atoms with E-state index in [1.165, 1.54) is 17.8 Å². The maximum atomic E-state index is 14.2. The number of aryl methyl sites for hydroxylation is 1. The van der Waals surface area contributed by atoms with Crippen molar-refractivity contribution in [3.63, 3.8) is 0 Å². The molecule has 3 aromatic rings. The van der Waals surface area contributed by atoms with Gasteiger partial charge in [-0.25, -0.2) is 4.39 Å². The summed E-state index contributed by atoms with van der Waals surface area (Å²) in [6, 6.07) is 14.3. The summed E-state index contributed by atoms with van der Waals surface area (Å²) < 4.78 is 16.1. The van der Waals surface area contributed by atoms with E-state index in [0.717, 1.165) is 17.7 Å². The van der Waals surface area contributed by atoms with E-state index < -0.39 is 0 Å². The predicted molar refractivity (Wildman–Crippen MR) is 111 cm³/mol. The fraction of sp³-hybridized carbons (Fsp3) is 0.286. The Morgan fingerprint density at radius 2 is 1.86 bits per heavy atom. The molecule has 5 nitrogen and oxygen atoms in total. The second-order valence-corrected chi connectivity index (χ2v) is 7.54. The summed E-state index contributed by atoms with van der Waals surface area (Å²) in [7, 11) is 0. The number of hydrogen-bond acceptors (Lipinski definition) is 4. The van der Waals surface area contributed by atoms with Gasteiger partial charge in [-0.15, -0.1) is 10.2 Å². The molecule has 0 fully saturated rings. The van der Waals surface area contributed by atoms with Crippen LogP contribution < -0.4 is 5.32 Å². The van der Waals surface area contributed by atoms with Crippen molar-refractivity contribution in [3.8, 4) is 11.4 Å². The number of para-hydroxylation sites is 1. The molecular weight excluding hydrogens is 375 g/mol. The Morgan fingerprint density at radius 1 is 1.14 bits per heavy atom. The van der Waals surface area contributed by atoms with Crippen molar-refractivity contribution in [1.82, 2.24) is 14.8 Å². The van der Waals surface area contributed by atoms with Gasteiger partial charge in [0, 0.05) is 11.7 Å². The molecule has 0 spiro atoms. The van der Waals surface area contributed by atoms with Crippen LogP contribution in [0.3, 0.4) is 0 Å². The maximum absolute atomic E-state index is 14.2.